The Kier molecular flexibility index (Phi) is 3.70. The predicted molar refractivity (Wildman–Crippen MR) is 76.4 cm³/mol. The van der Waals surface area contributed by atoms with Crippen LogP contribution < -0.4 is 5.32 Å². The van der Waals surface area contributed by atoms with Crippen molar-refractivity contribution in [1.82, 2.24) is 4.98 Å². The minimum Gasteiger partial charge on any atom is -0.481 e. The second-order valence-electron chi connectivity index (χ2n) is 5.32. The molecule has 0 radical (unpaired) electrons. The molecule has 104 valence electrons. The van der Waals surface area contributed by atoms with Gasteiger partial charge in [-0.3, -0.25) is 14.6 Å². The third-order valence-electron chi connectivity index (χ3n) is 3.07. The number of hydrogen-bond acceptors (Lipinski definition) is 3. The zero-order valence-electron chi connectivity index (χ0n) is 11.4. The van der Waals surface area contributed by atoms with Gasteiger partial charge in [0.05, 0.1) is 10.9 Å². The summed E-state index contributed by atoms with van der Waals surface area (Å²) in [7, 11) is 0. The second kappa shape index (κ2) is 5.28. The van der Waals surface area contributed by atoms with Crippen LogP contribution in [-0.4, -0.2) is 22.0 Å². The van der Waals surface area contributed by atoms with Crippen LogP contribution in [0.3, 0.4) is 0 Å². The fourth-order valence-electron chi connectivity index (χ4n) is 1.84. The van der Waals surface area contributed by atoms with E-state index < -0.39 is 11.4 Å². The molecule has 20 heavy (non-hydrogen) atoms. The first-order valence-corrected chi connectivity index (χ1v) is 6.26. The predicted octanol–water partition coefficient (Wildman–Crippen LogP) is 2.67. The van der Waals surface area contributed by atoms with E-state index in [4.69, 9.17) is 5.11 Å². The summed E-state index contributed by atoms with van der Waals surface area (Å²) in [6.07, 6.45) is 1.63. The van der Waals surface area contributed by atoms with Crippen LogP contribution in [0.4, 0.5) is 5.69 Å². The first kappa shape index (κ1) is 14.0. The maximum Gasteiger partial charge on any atom is 0.309 e. The summed E-state index contributed by atoms with van der Waals surface area (Å²) in [6, 6.07) is 9.10. The van der Waals surface area contributed by atoms with Gasteiger partial charge in [-0.05, 0) is 38.1 Å². The molecule has 2 rings (SSSR count). The van der Waals surface area contributed by atoms with Crippen molar-refractivity contribution in [2.24, 2.45) is 5.41 Å². The van der Waals surface area contributed by atoms with Crippen molar-refractivity contribution in [3.8, 4) is 0 Å². The van der Waals surface area contributed by atoms with Crippen LogP contribution in [0, 0.1) is 5.41 Å². The fraction of sp³-hybridized carbons (Fsp3) is 0.267. The third-order valence-corrected chi connectivity index (χ3v) is 3.07. The largest absolute Gasteiger partial charge is 0.481 e. The molecule has 2 aromatic rings. The molecule has 0 aliphatic heterocycles. The summed E-state index contributed by atoms with van der Waals surface area (Å²) >= 11 is 0. The van der Waals surface area contributed by atoms with Crippen LogP contribution in [0.25, 0.3) is 10.9 Å². The van der Waals surface area contributed by atoms with Gasteiger partial charge in [0.15, 0.2) is 0 Å². The highest BCUT2D eigenvalue weighted by molar-refractivity contribution is 5.95. The third kappa shape index (κ3) is 3.12. The highest BCUT2D eigenvalue weighted by Gasteiger charge is 2.30. The fourth-order valence-corrected chi connectivity index (χ4v) is 1.84. The molecule has 0 unspecified atom stereocenters. The number of carbonyl (C=O) groups is 2. The number of fused-ring (bicyclic) bond motifs is 1. The summed E-state index contributed by atoms with van der Waals surface area (Å²) in [5.74, 6) is -1.31. The van der Waals surface area contributed by atoms with E-state index in [0.717, 1.165) is 10.9 Å². The van der Waals surface area contributed by atoms with Crippen LogP contribution in [0.2, 0.25) is 0 Å². The summed E-state index contributed by atoms with van der Waals surface area (Å²) in [5, 5.41) is 12.6. The smallest absolute Gasteiger partial charge is 0.309 e. The topological polar surface area (TPSA) is 79.3 Å². The highest BCUT2D eigenvalue weighted by Crippen LogP contribution is 2.22. The van der Waals surface area contributed by atoms with Crippen molar-refractivity contribution in [3.05, 3.63) is 36.5 Å². The maximum atomic E-state index is 11.9. The zero-order chi connectivity index (χ0) is 14.8. The Balaban J connectivity index is 2.12. The molecule has 5 heteroatoms. The Bertz CT molecular complexity index is 665. The zero-order valence-corrected chi connectivity index (χ0v) is 11.4. The van der Waals surface area contributed by atoms with Gasteiger partial charge in [0.25, 0.3) is 0 Å². The molecule has 0 saturated heterocycles. The average Bonchev–Trinajstić information content (AvgIpc) is 2.37. The second-order valence-corrected chi connectivity index (χ2v) is 5.32. The number of rotatable bonds is 4. The van der Waals surface area contributed by atoms with Gasteiger partial charge >= 0.3 is 5.97 Å². The van der Waals surface area contributed by atoms with Crippen LogP contribution >= 0.6 is 0 Å². The van der Waals surface area contributed by atoms with E-state index in [1.165, 1.54) is 13.8 Å². The molecular formula is C15H16N2O3. The summed E-state index contributed by atoms with van der Waals surface area (Å²) in [4.78, 5) is 27.1. The van der Waals surface area contributed by atoms with Crippen molar-refractivity contribution in [1.29, 1.82) is 0 Å². The number of amides is 1. The number of carboxylic acid groups (broad SMARTS) is 1. The normalized spacial score (nSPS) is 11.3. The number of nitrogens with one attached hydrogen (secondary N) is 1. The van der Waals surface area contributed by atoms with Crippen LogP contribution in [0.1, 0.15) is 20.3 Å². The molecule has 0 spiro atoms. The van der Waals surface area contributed by atoms with Gasteiger partial charge in [-0.2, -0.15) is 0 Å². The molecule has 0 saturated carbocycles. The van der Waals surface area contributed by atoms with Gasteiger partial charge in [-0.1, -0.05) is 6.07 Å². The van der Waals surface area contributed by atoms with Gasteiger partial charge in [-0.15, -0.1) is 0 Å². The minimum atomic E-state index is -1.08. The van der Waals surface area contributed by atoms with Crippen molar-refractivity contribution in [3.63, 3.8) is 0 Å². The van der Waals surface area contributed by atoms with E-state index in [-0.39, 0.29) is 12.3 Å². The summed E-state index contributed by atoms with van der Waals surface area (Å²) in [6.45, 7) is 3.05. The molecule has 1 aromatic heterocycles. The van der Waals surface area contributed by atoms with Gasteiger partial charge in [0.1, 0.15) is 0 Å². The molecular weight excluding hydrogens is 256 g/mol. The molecule has 1 amide bonds. The molecule has 2 N–H and O–H groups in total. The van der Waals surface area contributed by atoms with E-state index in [9.17, 15) is 9.59 Å². The average molecular weight is 272 g/mol. The van der Waals surface area contributed by atoms with E-state index in [0.29, 0.717) is 5.69 Å². The monoisotopic (exact) mass is 272 g/mol. The molecule has 0 fully saturated rings. The quantitative estimate of drug-likeness (QED) is 0.896. The molecule has 5 nitrogen and oxygen atoms in total. The molecule has 1 heterocycles. The Morgan fingerprint density at radius 3 is 2.75 bits per heavy atom. The number of hydrogen-bond donors (Lipinski definition) is 2. The number of benzene rings is 1. The highest BCUT2D eigenvalue weighted by atomic mass is 16.4. The van der Waals surface area contributed by atoms with Crippen LogP contribution in [-0.2, 0) is 9.59 Å². The van der Waals surface area contributed by atoms with Gasteiger partial charge < -0.3 is 10.4 Å². The number of aromatic nitrogens is 1. The summed E-state index contributed by atoms with van der Waals surface area (Å²) < 4.78 is 0. The van der Waals surface area contributed by atoms with Crippen molar-refractivity contribution in [2.75, 3.05) is 5.32 Å². The van der Waals surface area contributed by atoms with Crippen molar-refractivity contribution < 1.29 is 14.7 Å². The number of carbonyl (C=O) groups excluding carboxylic acids is 1. The van der Waals surface area contributed by atoms with E-state index in [1.54, 1.807) is 12.3 Å². The number of nitrogens with zero attached hydrogens (tertiary/aromatic N) is 1. The first-order valence-electron chi connectivity index (χ1n) is 6.26. The van der Waals surface area contributed by atoms with Gasteiger partial charge in [-0.25, -0.2) is 0 Å². The number of aliphatic carboxylic acids is 1. The Labute approximate surface area is 116 Å². The van der Waals surface area contributed by atoms with Gasteiger partial charge in [0, 0.05) is 23.7 Å². The molecule has 0 bridgehead atoms. The Morgan fingerprint density at radius 2 is 2.05 bits per heavy atom. The van der Waals surface area contributed by atoms with E-state index in [1.807, 2.05) is 24.3 Å². The molecule has 0 aliphatic rings. The summed E-state index contributed by atoms with van der Waals surface area (Å²) in [5.41, 5.74) is 0.399. The maximum absolute atomic E-state index is 11.9. The molecule has 0 atom stereocenters. The lowest BCUT2D eigenvalue weighted by molar-refractivity contribution is -0.148. The van der Waals surface area contributed by atoms with Gasteiger partial charge in [0.2, 0.25) is 5.91 Å². The Morgan fingerprint density at radius 1 is 1.30 bits per heavy atom. The van der Waals surface area contributed by atoms with E-state index >= 15 is 0 Å². The van der Waals surface area contributed by atoms with Crippen LogP contribution in [0.15, 0.2) is 36.5 Å². The number of pyridine rings is 1. The SMILES string of the molecule is CC(C)(CC(=O)Nc1ccc2ncccc2c1)C(=O)O. The molecule has 0 aliphatic carbocycles. The minimum absolute atomic E-state index is 0.0760. The Hall–Kier alpha value is -2.43. The van der Waals surface area contributed by atoms with Crippen LogP contribution in [0.5, 0.6) is 0 Å². The van der Waals surface area contributed by atoms with Crippen molar-refractivity contribution >= 4 is 28.5 Å². The number of anilines is 1. The lowest BCUT2D eigenvalue weighted by atomic mass is 9.89. The molecule has 1 aromatic carbocycles. The number of carboxylic acids is 1. The van der Waals surface area contributed by atoms with E-state index in [2.05, 4.69) is 10.3 Å². The first-order chi connectivity index (χ1) is 9.38. The van der Waals surface area contributed by atoms with Crippen molar-refractivity contribution in [2.45, 2.75) is 20.3 Å². The lowest BCUT2D eigenvalue weighted by Gasteiger charge is -2.18. The standard InChI is InChI=1S/C15H16N2O3/c1-15(2,14(19)20)9-13(18)17-11-5-6-12-10(8-11)4-3-7-16-12/h3-8H,9H2,1-2H3,(H,17,18)(H,19,20). The lowest BCUT2D eigenvalue weighted by Crippen LogP contribution is -2.29.